The molecular weight excluding hydrogens is 218 g/mol. The molecule has 0 aliphatic carbocycles. The van der Waals surface area contributed by atoms with Crippen LogP contribution in [0.2, 0.25) is 0 Å². The molecule has 1 aliphatic heterocycles. The first-order chi connectivity index (χ1) is 7.86. The second-order valence-corrected chi connectivity index (χ2v) is 5.27. The van der Waals surface area contributed by atoms with Crippen molar-refractivity contribution in [2.45, 2.75) is 32.7 Å². The SMILES string of the molecule is CCNC(c1sccc1CC)C1CCOC1. The highest BCUT2D eigenvalue weighted by molar-refractivity contribution is 7.10. The summed E-state index contributed by atoms with van der Waals surface area (Å²) < 4.78 is 5.52. The molecule has 0 spiro atoms. The van der Waals surface area contributed by atoms with Crippen molar-refractivity contribution in [3.8, 4) is 0 Å². The molecule has 1 aromatic rings. The number of ether oxygens (including phenoxy) is 1. The summed E-state index contributed by atoms with van der Waals surface area (Å²) in [5.74, 6) is 0.656. The molecule has 1 N–H and O–H groups in total. The minimum Gasteiger partial charge on any atom is -0.381 e. The van der Waals surface area contributed by atoms with Crippen molar-refractivity contribution in [2.75, 3.05) is 19.8 Å². The summed E-state index contributed by atoms with van der Waals surface area (Å²) in [5.41, 5.74) is 1.50. The number of nitrogens with one attached hydrogen (secondary N) is 1. The quantitative estimate of drug-likeness (QED) is 0.853. The van der Waals surface area contributed by atoms with Crippen molar-refractivity contribution in [2.24, 2.45) is 5.92 Å². The zero-order valence-electron chi connectivity index (χ0n) is 10.2. The summed E-state index contributed by atoms with van der Waals surface area (Å²) >= 11 is 1.89. The van der Waals surface area contributed by atoms with Crippen molar-refractivity contribution >= 4 is 11.3 Å². The average molecular weight is 239 g/mol. The maximum absolute atomic E-state index is 5.52. The molecule has 90 valence electrons. The fraction of sp³-hybridized carbons (Fsp3) is 0.692. The molecule has 0 saturated carbocycles. The fourth-order valence-electron chi connectivity index (χ4n) is 2.42. The van der Waals surface area contributed by atoms with Crippen LogP contribution in [0, 0.1) is 5.92 Å². The van der Waals surface area contributed by atoms with Crippen LogP contribution in [0.4, 0.5) is 0 Å². The number of thiophene rings is 1. The third-order valence-electron chi connectivity index (χ3n) is 3.30. The van der Waals surface area contributed by atoms with Crippen LogP contribution in [0.15, 0.2) is 11.4 Å². The average Bonchev–Trinajstić information content (AvgIpc) is 2.96. The summed E-state index contributed by atoms with van der Waals surface area (Å²) in [6.45, 7) is 7.29. The molecule has 16 heavy (non-hydrogen) atoms. The Morgan fingerprint density at radius 3 is 3.06 bits per heavy atom. The molecular formula is C13H21NOS. The van der Waals surface area contributed by atoms with E-state index >= 15 is 0 Å². The van der Waals surface area contributed by atoms with Crippen molar-refractivity contribution in [3.05, 3.63) is 21.9 Å². The van der Waals surface area contributed by atoms with Crippen LogP contribution < -0.4 is 5.32 Å². The van der Waals surface area contributed by atoms with Crippen LogP contribution in [0.3, 0.4) is 0 Å². The minimum absolute atomic E-state index is 0.502. The van der Waals surface area contributed by atoms with E-state index in [0.29, 0.717) is 12.0 Å². The Bertz CT molecular complexity index is 317. The Labute approximate surface area is 102 Å². The van der Waals surface area contributed by atoms with E-state index in [9.17, 15) is 0 Å². The molecule has 1 saturated heterocycles. The van der Waals surface area contributed by atoms with Gasteiger partial charge in [-0.2, -0.15) is 0 Å². The van der Waals surface area contributed by atoms with Crippen molar-refractivity contribution < 1.29 is 4.74 Å². The van der Waals surface area contributed by atoms with Gasteiger partial charge >= 0.3 is 0 Å². The van der Waals surface area contributed by atoms with Gasteiger partial charge in [-0.1, -0.05) is 13.8 Å². The molecule has 1 aromatic heterocycles. The van der Waals surface area contributed by atoms with Crippen LogP contribution in [0.25, 0.3) is 0 Å². The zero-order chi connectivity index (χ0) is 11.4. The smallest absolute Gasteiger partial charge is 0.0513 e. The van der Waals surface area contributed by atoms with Gasteiger partial charge in [0.25, 0.3) is 0 Å². The van der Waals surface area contributed by atoms with E-state index in [2.05, 4.69) is 30.6 Å². The molecule has 2 heterocycles. The number of hydrogen-bond acceptors (Lipinski definition) is 3. The minimum atomic E-state index is 0.502. The standard InChI is InChI=1S/C13H21NOS/c1-3-10-6-8-16-13(10)12(14-4-2)11-5-7-15-9-11/h6,8,11-12,14H,3-5,7,9H2,1-2H3. The van der Waals surface area contributed by atoms with E-state index in [-0.39, 0.29) is 0 Å². The molecule has 1 aliphatic rings. The van der Waals surface area contributed by atoms with Gasteiger partial charge in [-0.15, -0.1) is 11.3 Å². The third-order valence-corrected chi connectivity index (χ3v) is 4.35. The molecule has 0 amide bonds. The Hall–Kier alpha value is -0.380. The Balaban J connectivity index is 2.17. The summed E-state index contributed by atoms with van der Waals surface area (Å²) in [6, 6.07) is 2.77. The third kappa shape index (κ3) is 2.47. The van der Waals surface area contributed by atoms with Crippen molar-refractivity contribution in [1.82, 2.24) is 5.32 Å². The molecule has 3 heteroatoms. The van der Waals surface area contributed by atoms with Crippen LogP contribution in [-0.2, 0) is 11.2 Å². The lowest BCUT2D eigenvalue weighted by Crippen LogP contribution is -2.28. The molecule has 0 aromatic carbocycles. The lowest BCUT2D eigenvalue weighted by atomic mass is 9.95. The molecule has 2 unspecified atom stereocenters. The van der Waals surface area contributed by atoms with Gasteiger partial charge in [0.2, 0.25) is 0 Å². The monoisotopic (exact) mass is 239 g/mol. The van der Waals surface area contributed by atoms with E-state index in [1.807, 2.05) is 11.3 Å². The zero-order valence-corrected chi connectivity index (χ0v) is 11.0. The first-order valence-corrected chi connectivity index (χ1v) is 7.12. The maximum atomic E-state index is 5.52. The second-order valence-electron chi connectivity index (χ2n) is 4.32. The van der Waals surface area contributed by atoms with E-state index < -0.39 is 0 Å². The first-order valence-electron chi connectivity index (χ1n) is 6.24. The second kappa shape index (κ2) is 5.80. The molecule has 2 rings (SSSR count). The highest BCUT2D eigenvalue weighted by Crippen LogP contribution is 2.34. The predicted molar refractivity (Wildman–Crippen MR) is 69.0 cm³/mol. The molecule has 1 fully saturated rings. The van der Waals surface area contributed by atoms with Crippen molar-refractivity contribution in [3.63, 3.8) is 0 Å². The summed E-state index contributed by atoms with van der Waals surface area (Å²) in [6.07, 6.45) is 2.33. The fourth-order valence-corrected chi connectivity index (χ4v) is 3.59. The maximum Gasteiger partial charge on any atom is 0.0513 e. The summed E-state index contributed by atoms with van der Waals surface area (Å²) in [4.78, 5) is 1.53. The lowest BCUT2D eigenvalue weighted by molar-refractivity contribution is 0.177. The lowest BCUT2D eigenvalue weighted by Gasteiger charge is -2.23. The van der Waals surface area contributed by atoms with Gasteiger partial charge in [0.15, 0.2) is 0 Å². The Morgan fingerprint density at radius 2 is 2.44 bits per heavy atom. The number of hydrogen-bond donors (Lipinski definition) is 1. The van der Waals surface area contributed by atoms with Gasteiger partial charge in [-0.05, 0) is 36.4 Å². The molecule has 0 bridgehead atoms. The van der Waals surface area contributed by atoms with Gasteiger partial charge in [0.1, 0.15) is 0 Å². The first kappa shape index (κ1) is 12.1. The highest BCUT2D eigenvalue weighted by Gasteiger charge is 2.28. The summed E-state index contributed by atoms with van der Waals surface area (Å²) in [7, 11) is 0. The van der Waals surface area contributed by atoms with Gasteiger partial charge in [-0.3, -0.25) is 0 Å². The van der Waals surface area contributed by atoms with Crippen LogP contribution in [0.5, 0.6) is 0 Å². The van der Waals surface area contributed by atoms with E-state index in [1.165, 1.54) is 16.9 Å². The Kier molecular flexibility index (Phi) is 4.38. The number of aryl methyl sites for hydroxylation is 1. The topological polar surface area (TPSA) is 21.3 Å². The Morgan fingerprint density at radius 1 is 1.56 bits per heavy atom. The largest absolute Gasteiger partial charge is 0.381 e. The van der Waals surface area contributed by atoms with E-state index in [0.717, 1.165) is 26.2 Å². The predicted octanol–water partition coefficient (Wildman–Crippen LogP) is 3.00. The highest BCUT2D eigenvalue weighted by atomic mass is 32.1. The van der Waals surface area contributed by atoms with E-state index in [4.69, 9.17) is 4.74 Å². The van der Waals surface area contributed by atoms with Gasteiger partial charge in [0, 0.05) is 23.4 Å². The normalized spacial score (nSPS) is 22.5. The van der Waals surface area contributed by atoms with Crippen LogP contribution >= 0.6 is 11.3 Å². The van der Waals surface area contributed by atoms with E-state index in [1.54, 1.807) is 0 Å². The van der Waals surface area contributed by atoms with Gasteiger partial charge in [-0.25, -0.2) is 0 Å². The van der Waals surface area contributed by atoms with Gasteiger partial charge < -0.3 is 10.1 Å². The molecule has 0 radical (unpaired) electrons. The summed E-state index contributed by atoms with van der Waals surface area (Å²) in [5, 5.41) is 5.85. The molecule has 2 atom stereocenters. The van der Waals surface area contributed by atoms with Crippen LogP contribution in [-0.4, -0.2) is 19.8 Å². The van der Waals surface area contributed by atoms with Crippen molar-refractivity contribution in [1.29, 1.82) is 0 Å². The number of rotatable bonds is 5. The molecule has 2 nitrogen and oxygen atoms in total. The van der Waals surface area contributed by atoms with Crippen LogP contribution in [0.1, 0.15) is 36.8 Å². The van der Waals surface area contributed by atoms with Gasteiger partial charge in [0.05, 0.1) is 6.61 Å².